The minimum absolute atomic E-state index is 0.0399. The van der Waals surface area contributed by atoms with Crippen LogP contribution in [-0.4, -0.2) is 33.9 Å². The van der Waals surface area contributed by atoms with Gasteiger partial charge in [-0.1, -0.05) is 27.7 Å². The molecule has 1 saturated heterocycles. The van der Waals surface area contributed by atoms with Crippen molar-refractivity contribution in [1.29, 1.82) is 0 Å². The van der Waals surface area contributed by atoms with E-state index < -0.39 is 5.97 Å². The normalized spacial score (nSPS) is 18.1. The lowest BCUT2D eigenvalue weighted by molar-refractivity contribution is -0.117. The summed E-state index contributed by atoms with van der Waals surface area (Å²) in [5.41, 5.74) is 0.375. The van der Waals surface area contributed by atoms with Gasteiger partial charge in [0.1, 0.15) is 0 Å². The number of halogens is 2. The predicted octanol–water partition coefficient (Wildman–Crippen LogP) is 3.29. The Morgan fingerprint density at radius 2 is 2.05 bits per heavy atom. The molecule has 1 fully saturated rings. The van der Waals surface area contributed by atoms with E-state index in [1.807, 2.05) is 0 Å². The first-order chi connectivity index (χ1) is 9.79. The minimum Gasteiger partial charge on any atom is -0.478 e. The summed E-state index contributed by atoms with van der Waals surface area (Å²) in [5, 5.41) is 9.13. The van der Waals surface area contributed by atoms with Crippen LogP contribution in [0.4, 0.5) is 5.69 Å². The Labute approximate surface area is 142 Å². The zero-order valence-corrected chi connectivity index (χ0v) is 14.9. The molecule has 1 amide bonds. The number of hydrogen-bond donors (Lipinski definition) is 1. The molecule has 0 spiro atoms. The van der Waals surface area contributed by atoms with Crippen molar-refractivity contribution in [2.75, 3.05) is 11.4 Å². The highest BCUT2D eigenvalue weighted by Crippen LogP contribution is 2.37. The fraction of sp³-hybridized carbons (Fsp3) is 0.308. The third kappa shape index (κ3) is 3.67. The molecule has 0 aliphatic carbocycles. The summed E-state index contributed by atoms with van der Waals surface area (Å²) in [6.07, 6.45) is 0.228. The Morgan fingerprint density at radius 3 is 2.62 bits per heavy atom. The van der Waals surface area contributed by atoms with Gasteiger partial charge in [-0.25, -0.2) is 4.79 Å². The molecule has 112 valence electrons. The summed E-state index contributed by atoms with van der Waals surface area (Å²) in [5.74, 6) is -1.29. The van der Waals surface area contributed by atoms with Gasteiger partial charge in [-0.2, -0.15) is 0 Å². The molecule has 1 aromatic carbocycles. The number of thioether (sulfide) groups is 1. The number of benzene rings is 1. The van der Waals surface area contributed by atoms with Crippen LogP contribution < -0.4 is 4.90 Å². The molecular formula is C13H11Br2NO4S. The van der Waals surface area contributed by atoms with E-state index in [0.717, 1.165) is 11.8 Å². The largest absolute Gasteiger partial charge is 0.478 e. The van der Waals surface area contributed by atoms with Gasteiger partial charge in [0.25, 0.3) is 0 Å². The molecule has 2 rings (SSSR count). The SMILES string of the molecule is CC(=O)SC1CC(=O)N(c2c(Br)cc(Br)cc2C(=O)O)C1. The molecule has 21 heavy (non-hydrogen) atoms. The third-order valence-electron chi connectivity index (χ3n) is 2.95. The van der Waals surface area contributed by atoms with Gasteiger partial charge in [0, 0.05) is 34.1 Å². The van der Waals surface area contributed by atoms with Crippen molar-refractivity contribution in [3.63, 3.8) is 0 Å². The Bertz CT molecular complexity index is 635. The van der Waals surface area contributed by atoms with Crippen LogP contribution in [-0.2, 0) is 9.59 Å². The molecule has 5 nitrogen and oxygen atoms in total. The highest BCUT2D eigenvalue weighted by molar-refractivity contribution is 9.11. The Kier molecular flexibility index (Phi) is 5.11. The van der Waals surface area contributed by atoms with Gasteiger partial charge in [0.05, 0.1) is 11.3 Å². The number of rotatable bonds is 3. The summed E-state index contributed by atoms with van der Waals surface area (Å²) in [4.78, 5) is 36.2. The second kappa shape index (κ2) is 6.50. The van der Waals surface area contributed by atoms with Crippen LogP contribution in [0.25, 0.3) is 0 Å². The fourth-order valence-electron chi connectivity index (χ4n) is 2.21. The molecule has 1 aliphatic rings. The zero-order chi connectivity index (χ0) is 15.7. The van der Waals surface area contributed by atoms with Gasteiger partial charge in [-0.15, -0.1) is 0 Å². The first-order valence-electron chi connectivity index (χ1n) is 5.99. The summed E-state index contributed by atoms with van der Waals surface area (Å²) < 4.78 is 1.13. The lowest BCUT2D eigenvalue weighted by atomic mass is 10.1. The molecule has 1 unspecified atom stereocenters. The van der Waals surface area contributed by atoms with E-state index in [2.05, 4.69) is 31.9 Å². The number of anilines is 1. The second-order valence-corrected chi connectivity index (χ2v) is 7.78. The van der Waals surface area contributed by atoms with Crippen molar-refractivity contribution in [3.8, 4) is 0 Å². The van der Waals surface area contributed by atoms with Crippen molar-refractivity contribution < 1.29 is 19.5 Å². The highest BCUT2D eigenvalue weighted by atomic mass is 79.9. The standard InChI is InChI=1S/C13H11Br2NO4S/c1-6(17)21-8-4-11(18)16(5-8)12-9(13(19)20)2-7(14)3-10(12)15/h2-3,8H,4-5H2,1H3,(H,19,20). The van der Waals surface area contributed by atoms with E-state index in [4.69, 9.17) is 0 Å². The lowest BCUT2D eigenvalue weighted by Gasteiger charge is -2.20. The van der Waals surface area contributed by atoms with E-state index in [9.17, 15) is 19.5 Å². The van der Waals surface area contributed by atoms with Gasteiger partial charge in [0.2, 0.25) is 5.91 Å². The number of hydrogen-bond acceptors (Lipinski definition) is 4. The second-order valence-electron chi connectivity index (χ2n) is 4.53. The van der Waals surface area contributed by atoms with E-state index >= 15 is 0 Å². The summed E-state index contributed by atoms with van der Waals surface area (Å²) >= 11 is 7.67. The molecule has 1 aromatic rings. The molecular weight excluding hydrogens is 426 g/mol. The minimum atomic E-state index is -1.11. The van der Waals surface area contributed by atoms with E-state index in [1.54, 1.807) is 6.07 Å². The number of nitrogens with zero attached hydrogens (tertiary/aromatic N) is 1. The topological polar surface area (TPSA) is 74.7 Å². The number of carbonyl (C=O) groups excluding carboxylic acids is 2. The molecule has 0 saturated carbocycles. The van der Waals surface area contributed by atoms with Crippen LogP contribution >= 0.6 is 43.6 Å². The lowest BCUT2D eigenvalue weighted by Crippen LogP contribution is -2.27. The van der Waals surface area contributed by atoms with Crippen molar-refractivity contribution in [1.82, 2.24) is 0 Å². The average Bonchev–Trinajstić information content (AvgIpc) is 2.67. The maximum absolute atomic E-state index is 12.2. The van der Waals surface area contributed by atoms with Crippen molar-refractivity contribution >= 4 is 66.3 Å². The number of carboxylic acids is 1. The summed E-state index contributed by atoms with van der Waals surface area (Å²) in [6.45, 7) is 1.78. The monoisotopic (exact) mass is 435 g/mol. The van der Waals surface area contributed by atoms with Gasteiger partial charge in [0.15, 0.2) is 5.12 Å². The van der Waals surface area contributed by atoms with Crippen molar-refractivity contribution in [2.45, 2.75) is 18.6 Å². The summed E-state index contributed by atoms with van der Waals surface area (Å²) in [7, 11) is 0. The predicted molar refractivity (Wildman–Crippen MR) is 87.8 cm³/mol. The zero-order valence-electron chi connectivity index (χ0n) is 10.9. The first-order valence-corrected chi connectivity index (χ1v) is 8.46. The quantitative estimate of drug-likeness (QED) is 0.786. The average molecular weight is 437 g/mol. The van der Waals surface area contributed by atoms with Crippen LogP contribution in [0.1, 0.15) is 23.7 Å². The van der Waals surface area contributed by atoms with E-state index in [-0.39, 0.29) is 28.3 Å². The maximum Gasteiger partial charge on any atom is 0.337 e. The number of aromatic carboxylic acids is 1. The highest BCUT2D eigenvalue weighted by Gasteiger charge is 2.35. The van der Waals surface area contributed by atoms with Crippen LogP contribution in [0.15, 0.2) is 21.1 Å². The van der Waals surface area contributed by atoms with E-state index in [0.29, 0.717) is 21.2 Å². The van der Waals surface area contributed by atoms with E-state index in [1.165, 1.54) is 17.9 Å². The van der Waals surface area contributed by atoms with Crippen LogP contribution in [0.2, 0.25) is 0 Å². The van der Waals surface area contributed by atoms with Crippen LogP contribution in [0.3, 0.4) is 0 Å². The molecule has 1 aliphatic heterocycles. The fourth-order valence-corrected chi connectivity index (χ4v) is 4.57. The molecule has 8 heteroatoms. The summed E-state index contributed by atoms with van der Waals surface area (Å²) in [6, 6.07) is 3.15. The number of carboxylic acid groups (broad SMARTS) is 1. The van der Waals surface area contributed by atoms with Crippen molar-refractivity contribution in [2.24, 2.45) is 0 Å². The Morgan fingerprint density at radius 1 is 1.38 bits per heavy atom. The molecule has 0 radical (unpaired) electrons. The molecule has 1 atom stereocenters. The third-order valence-corrected chi connectivity index (χ3v) is 4.99. The molecule has 0 aromatic heterocycles. The molecule has 1 heterocycles. The van der Waals surface area contributed by atoms with Crippen LogP contribution in [0, 0.1) is 0 Å². The Balaban J connectivity index is 2.40. The van der Waals surface area contributed by atoms with Gasteiger partial charge >= 0.3 is 5.97 Å². The van der Waals surface area contributed by atoms with Crippen LogP contribution in [0.5, 0.6) is 0 Å². The molecule has 0 bridgehead atoms. The molecule has 1 N–H and O–H groups in total. The smallest absolute Gasteiger partial charge is 0.337 e. The van der Waals surface area contributed by atoms with Gasteiger partial charge < -0.3 is 10.0 Å². The first kappa shape index (κ1) is 16.5. The number of amides is 1. The van der Waals surface area contributed by atoms with Gasteiger partial charge in [-0.3, -0.25) is 9.59 Å². The van der Waals surface area contributed by atoms with Crippen molar-refractivity contribution in [3.05, 3.63) is 26.6 Å². The van der Waals surface area contributed by atoms with Gasteiger partial charge in [-0.05, 0) is 28.1 Å². The maximum atomic E-state index is 12.2. The number of carbonyl (C=O) groups is 3. The Hall–Kier alpha value is -0.860.